The molecule has 0 saturated heterocycles. The minimum Gasteiger partial charge on any atom is -0.411 e. The average Bonchev–Trinajstić information content (AvgIpc) is 2.75. The molecule has 3 rings (SSSR count). The van der Waals surface area contributed by atoms with E-state index in [0.29, 0.717) is 6.61 Å². The van der Waals surface area contributed by atoms with Crippen LogP contribution in [0.2, 0.25) is 0 Å². The molecule has 0 aliphatic heterocycles. The molecule has 0 saturated carbocycles. The lowest BCUT2D eigenvalue weighted by Gasteiger charge is -2.09. The highest BCUT2D eigenvalue weighted by Gasteiger charge is 2.06. The summed E-state index contributed by atoms with van der Waals surface area (Å²) in [6.45, 7) is 8.64. The first-order valence-corrected chi connectivity index (χ1v) is 10.4. The van der Waals surface area contributed by atoms with E-state index in [9.17, 15) is 0 Å². The van der Waals surface area contributed by atoms with Gasteiger partial charge in [-0.3, -0.25) is 0 Å². The van der Waals surface area contributed by atoms with Crippen molar-refractivity contribution in [2.45, 2.75) is 46.9 Å². The van der Waals surface area contributed by atoms with E-state index in [2.05, 4.69) is 64.7 Å². The summed E-state index contributed by atoms with van der Waals surface area (Å²) in [5, 5.41) is 15.7. The maximum absolute atomic E-state index is 8.56. The van der Waals surface area contributed by atoms with Crippen molar-refractivity contribution in [3.8, 4) is 0 Å². The van der Waals surface area contributed by atoms with Gasteiger partial charge in [-0.1, -0.05) is 28.0 Å². The molecule has 6 nitrogen and oxygen atoms in total. The molecule has 0 aliphatic rings. The van der Waals surface area contributed by atoms with E-state index in [1.807, 2.05) is 36.7 Å². The van der Waals surface area contributed by atoms with Crippen molar-refractivity contribution in [3.05, 3.63) is 94.6 Å². The third-order valence-corrected chi connectivity index (χ3v) is 5.20. The van der Waals surface area contributed by atoms with Gasteiger partial charge in [-0.2, -0.15) is 0 Å². The Kier molecular flexibility index (Phi) is 7.87. The van der Waals surface area contributed by atoms with Crippen molar-refractivity contribution in [3.63, 3.8) is 0 Å². The van der Waals surface area contributed by atoms with Gasteiger partial charge in [0.1, 0.15) is 6.61 Å². The summed E-state index contributed by atoms with van der Waals surface area (Å²) in [6, 6.07) is 12.3. The second-order valence-corrected chi connectivity index (χ2v) is 7.72. The lowest BCUT2D eigenvalue weighted by Crippen LogP contribution is -2.38. The van der Waals surface area contributed by atoms with Crippen molar-refractivity contribution in [2.24, 2.45) is 10.3 Å². The summed E-state index contributed by atoms with van der Waals surface area (Å²) >= 11 is 0. The molecule has 1 aromatic carbocycles. The largest absolute Gasteiger partial charge is 0.411 e. The number of aryl methyl sites for hydroxylation is 5. The van der Waals surface area contributed by atoms with Crippen LogP contribution in [0.15, 0.2) is 71.5 Å². The molecule has 160 valence electrons. The van der Waals surface area contributed by atoms with Gasteiger partial charge < -0.3 is 10.0 Å². The van der Waals surface area contributed by atoms with Crippen LogP contribution in [0.3, 0.4) is 0 Å². The van der Waals surface area contributed by atoms with Gasteiger partial charge in [0.25, 0.3) is 0 Å². The van der Waals surface area contributed by atoms with Gasteiger partial charge in [0, 0.05) is 35.4 Å². The summed E-state index contributed by atoms with van der Waals surface area (Å²) < 4.78 is 4.27. The minimum absolute atomic E-state index is 0.479. The fourth-order valence-electron chi connectivity index (χ4n) is 3.55. The predicted octanol–water partition coefficient (Wildman–Crippen LogP) is 3.64. The third kappa shape index (κ3) is 6.74. The second-order valence-electron chi connectivity index (χ2n) is 7.72. The molecule has 0 spiro atoms. The van der Waals surface area contributed by atoms with E-state index in [-0.39, 0.29) is 0 Å². The molecule has 1 N–H and O–H groups in total. The maximum Gasteiger partial charge on any atom is 0.169 e. The number of nitrogens with zero attached hydrogens (tertiary/aromatic N) is 4. The smallest absolute Gasteiger partial charge is 0.169 e. The van der Waals surface area contributed by atoms with E-state index in [4.69, 9.17) is 10.0 Å². The zero-order valence-electron chi connectivity index (χ0n) is 18.4. The van der Waals surface area contributed by atoms with Crippen molar-refractivity contribution in [2.75, 3.05) is 0 Å². The van der Waals surface area contributed by atoms with Crippen LogP contribution in [0.4, 0.5) is 0 Å². The molecular formula is C25H30N4O2+2. The predicted molar refractivity (Wildman–Crippen MR) is 120 cm³/mol. The first-order valence-electron chi connectivity index (χ1n) is 10.4. The zero-order chi connectivity index (χ0) is 22.1. The summed E-state index contributed by atoms with van der Waals surface area (Å²) in [4.78, 5) is 5.53. The van der Waals surface area contributed by atoms with Gasteiger partial charge in [-0.15, -0.1) is 0 Å². The van der Waals surface area contributed by atoms with Crippen molar-refractivity contribution in [1.29, 1.82) is 0 Å². The van der Waals surface area contributed by atoms with Gasteiger partial charge in [0.15, 0.2) is 37.9 Å². The Labute approximate surface area is 183 Å². The fraction of sp³-hybridized carbons (Fsp3) is 0.280. The topological polar surface area (TPSA) is 61.9 Å². The van der Waals surface area contributed by atoms with Gasteiger partial charge in [0.05, 0.1) is 18.9 Å². The number of hydrogen-bond acceptors (Lipinski definition) is 4. The average molecular weight is 419 g/mol. The Bertz CT molecular complexity index is 1020. The maximum atomic E-state index is 8.56. The van der Waals surface area contributed by atoms with Crippen LogP contribution in [0, 0.1) is 20.8 Å². The molecule has 3 aromatic rings. The van der Waals surface area contributed by atoms with Crippen LogP contribution in [0.1, 0.15) is 39.8 Å². The van der Waals surface area contributed by atoms with E-state index >= 15 is 0 Å². The highest BCUT2D eigenvalue weighted by Crippen LogP contribution is 2.17. The Morgan fingerprint density at radius 2 is 1.35 bits per heavy atom. The lowest BCUT2D eigenvalue weighted by molar-refractivity contribution is -0.726. The molecule has 0 unspecified atom stereocenters. The van der Waals surface area contributed by atoms with Gasteiger partial charge >= 0.3 is 0 Å². The number of aromatic nitrogens is 2. The van der Waals surface area contributed by atoms with Crippen LogP contribution in [-0.2, 0) is 24.5 Å². The molecule has 0 radical (unpaired) electrons. The van der Waals surface area contributed by atoms with Crippen LogP contribution in [-0.4, -0.2) is 17.6 Å². The van der Waals surface area contributed by atoms with Crippen LogP contribution < -0.4 is 9.13 Å². The Balaban J connectivity index is 1.44. The summed E-state index contributed by atoms with van der Waals surface area (Å²) in [6.07, 6.45) is 12.3. The van der Waals surface area contributed by atoms with Crippen LogP contribution in [0.25, 0.3) is 0 Å². The first kappa shape index (κ1) is 22.2. The summed E-state index contributed by atoms with van der Waals surface area (Å²) in [5.74, 6) is 0. The Hall–Kier alpha value is -3.54. The van der Waals surface area contributed by atoms with Gasteiger partial charge in [0.2, 0.25) is 0 Å². The van der Waals surface area contributed by atoms with Crippen LogP contribution >= 0.6 is 0 Å². The normalized spacial score (nSPS) is 11.5. The molecule has 0 bridgehead atoms. The number of oxime groups is 2. The summed E-state index contributed by atoms with van der Waals surface area (Å²) in [5.41, 5.74) is 6.82. The number of hydrogen-bond donors (Lipinski definition) is 1. The number of benzene rings is 1. The van der Waals surface area contributed by atoms with E-state index in [0.717, 1.165) is 30.6 Å². The van der Waals surface area contributed by atoms with Crippen LogP contribution in [0.5, 0.6) is 0 Å². The van der Waals surface area contributed by atoms with Crippen molar-refractivity contribution < 1.29 is 19.2 Å². The molecule has 2 heterocycles. The quantitative estimate of drug-likeness (QED) is 0.250. The zero-order valence-corrected chi connectivity index (χ0v) is 18.4. The van der Waals surface area contributed by atoms with E-state index in [1.54, 1.807) is 6.21 Å². The Morgan fingerprint density at radius 1 is 0.839 bits per heavy atom. The monoisotopic (exact) mass is 418 g/mol. The second kappa shape index (κ2) is 11.0. The van der Waals surface area contributed by atoms with Gasteiger partial charge in [-0.25, -0.2) is 9.13 Å². The Morgan fingerprint density at radius 3 is 1.87 bits per heavy atom. The highest BCUT2D eigenvalue weighted by atomic mass is 16.6. The van der Waals surface area contributed by atoms with Crippen molar-refractivity contribution >= 4 is 12.4 Å². The molecule has 0 atom stereocenters. The molecule has 6 heteroatoms. The fourth-order valence-corrected chi connectivity index (χ4v) is 3.55. The van der Waals surface area contributed by atoms with Gasteiger partial charge in [-0.05, 0) is 37.5 Å². The number of pyridine rings is 2. The standard InChI is InChI=1S/C25H29N4O2/c1-20-15-21(2)25(22(3)16-20)19-31-27-18-24-7-13-29(14-8-24)10-4-9-28-11-5-23(6-12-28)17-26-30/h5-8,11-18H,4,9-10,19H2,1-3H3/q+1/p+1/b27-18-. The lowest BCUT2D eigenvalue weighted by atomic mass is 10.0. The molecule has 2 aromatic heterocycles. The molecule has 0 fully saturated rings. The molecule has 0 aliphatic carbocycles. The SMILES string of the molecule is Cc1cc(C)c(CO/N=C\c2cc[n+](CCC[n+]3ccc(C=NO)cc3)cc2)c(C)c1. The van der Waals surface area contributed by atoms with E-state index < -0.39 is 0 Å². The first-order chi connectivity index (χ1) is 15.0. The summed E-state index contributed by atoms with van der Waals surface area (Å²) in [7, 11) is 0. The molecular weight excluding hydrogens is 388 g/mol. The number of rotatable bonds is 9. The third-order valence-electron chi connectivity index (χ3n) is 5.20. The highest BCUT2D eigenvalue weighted by molar-refractivity contribution is 5.78. The minimum atomic E-state index is 0.479. The molecule has 31 heavy (non-hydrogen) atoms. The van der Waals surface area contributed by atoms with Crippen molar-refractivity contribution in [1.82, 2.24) is 0 Å². The van der Waals surface area contributed by atoms with E-state index in [1.165, 1.54) is 28.5 Å². The molecule has 0 amide bonds.